The molecule has 3 rings (SSSR count). The Morgan fingerprint density at radius 2 is 1.86 bits per heavy atom. The molecular weight excluding hydrogens is 376 g/mol. The van der Waals surface area contributed by atoms with Crippen molar-refractivity contribution < 1.29 is 9.59 Å². The fourth-order valence-electron chi connectivity index (χ4n) is 2.79. The summed E-state index contributed by atoms with van der Waals surface area (Å²) in [6, 6.07) is 15.1. The van der Waals surface area contributed by atoms with Gasteiger partial charge in [0, 0.05) is 41.8 Å². The molecular formula is C21H21ClN4O2. The van der Waals surface area contributed by atoms with Gasteiger partial charge in [0.15, 0.2) is 0 Å². The number of aromatic nitrogens is 2. The highest BCUT2D eigenvalue weighted by atomic mass is 35.5. The molecule has 0 spiro atoms. The lowest BCUT2D eigenvalue weighted by Crippen LogP contribution is -2.36. The van der Waals surface area contributed by atoms with Gasteiger partial charge in [-0.3, -0.25) is 9.59 Å². The third-order valence-corrected chi connectivity index (χ3v) is 4.74. The summed E-state index contributed by atoms with van der Waals surface area (Å²) in [6.45, 7) is 2.85. The van der Waals surface area contributed by atoms with Gasteiger partial charge in [0.2, 0.25) is 0 Å². The van der Waals surface area contributed by atoms with Crippen LogP contribution in [0.1, 0.15) is 12.0 Å². The van der Waals surface area contributed by atoms with Crippen LogP contribution in [0.5, 0.6) is 0 Å². The Labute approximate surface area is 168 Å². The van der Waals surface area contributed by atoms with Crippen LogP contribution in [0.2, 0.25) is 5.02 Å². The molecule has 6 nitrogen and oxygen atoms in total. The Balaban J connectivity index is 1.48. The third-order valence-electron chi connectivity index (χ3n) is 4.33. The van der Waals surface area contributed by atoms with E-state index >= 15 is 0 Å². The van der Waals surface area contributed by atoms with Crippen molar-refractivity contribution in [3.63, 3.8) is 0 Å². The molecule has 2 N–H and O–H groups in total. The highest BCUT2D eigenvalue weighted by molar-refractivity contribution is 6.40. The molecule has 2 amide bonds. The minimum Gasteiger partial charge on any atom is -0.348 e. The summed E-state index contributed by atoms with van der Waals surface area (Å²) in [5.74, 6) is -0.507. The molecule has 7 heteroatoms. The Kier molecular flexibility index (Phi) is 6.45. The lowest BCUT2D eigenvalue weighted by molar-refractivity contribution is -0.136. The molecule has 3 aromatic rings. The van der Waals surface area contributed by atoms with E-state index in [4.69, 9.17) is 11.6 Å². The number of benzene rings is 2. The van der Waals surface area contributed by atoms with Gasteiger partial charge in [0.1, 0.15) is 5.82 Å². The average Bonchev–Trinajstić information content (AvgIpc) is 3.17. The maximum atomic E-state index is 12.1. The van der Waals surface area contributed by atoms with Gasteiger partial charge in [-0.05, 0) is 31.0 Å². The van der Waals surface area contributed by atoms with Crippen molar-refractivity contribution >= 4 is 29.1 Å². The normalized spacial score (nSPS) is 10.5. The van der Waals surface area contributed by atoms with Crippen molar-refractivity contribution in [3.8, 4) is 11.4 Å². The SMILES string of the molecule is Cc1c(Cl)cccc1NC(=O)C(=O)NCCCn1ccnc1-c1ccccc1. The highest BCUT2D eigenvalue weighted by Gasteiger charge is 2.15. The Morgan fingerprint density at radius 1 is 1.07 bits per heavy atom. The standard InChI is InChI=1S/C21H21ClN4O2/c1-15-17(22)9-5-10-18(15)25-21(28)20(27)24-11-6-13-26-14-12-23-19(26)16-7-3-2-4-8-16/h2-5,7-10,12,14H,6,11,13H2,1H3,(H,24,27)(H,25,28). The summed E-state index contributed by atoms with van der Waals surface area (Å²) < 4.78 is 2.02. The van der Waals surface area contributed by atoms with Crippen molar-refractivity contribution in [2.24, 2.45) is 0 Å². The summed E-state index contributed by atoms with van der Waals surface area (Å²) in [5, 5.41) is 5.76. The number of nitrogens with one attached hydrogen (secondary N) is 2. The van der Waals surface area contributed by atoms with E-state index < -0.39 is 11.8 Å². The average molecular weight is 397 g/mol. The molecule has 0 aliphatic heterocycles. The number of aryl methyl sites for hydroxylation is 1. The fourth-order valence-corrected chi connectivity index (χ4v) is 2.97. The van der Waals surface area contributed by atoms with Gasteiger partial charge < -0.3 is 15.2 Å². The van der Waals surface area contributed by atoms with Crippen LogP contribution in [-0.4, -0.2) is 27.9 Å². The van der Waals surface area contributed by atoms with Gasteiger partial charge in [0.05, 0.1) is 0 Å². The van der Waals surface area contributed by atoms with E-state index in [1.807, 2.05) is 41.1 Å². The molecule has 1 aromatic heterocycles. The first kappa shape index (κ1) is 19.6. The fraction of sp³-hybridized carbons (Fsp3) is 0.190. The van der Waals surface area contributed by atoms with Crippen LogP contribution in [-0.2, 0) is 16.1 Å². The zero-order chi connectivity index (χ0) is 19.9. The van der Waals surface area contributed by atoms with Gasteiger partial charge in [-0.1, -0.05) is 48.0 Å². The van der Waals surface area contributed by atoms with Crippen molar-refractivity contribution in [1.29, 1.82) is 0 Å². The number of imidazole rings is 1. The monoisotopic (exact) mass is 396 g/mol. The minimum absolute atomic E-state index is 0.382. The van der Waals surface area contributed by atoms with Gasteiger partial charge in [-0.25, -0.2) is 4.98 Å². The molecule has 0 saturated carbocycles. The zero-order valence-corrected chi connectivity index (χ0v) is 16.2. The van der Waals surface area contributed by atoms with E-state index in [2.05, 4.69) is 15.6 Å². The lowest BCUT2D eigenvalue weighted by Gasteiger charge is -2.10. The van der Waals surface area contributed by atoms with E-state index in [1.54, 1.807) is 31.3 Å². The van der Waals surface area contributed by atoms with Gasteiger partial charge in [0.25, 0.3) is 0 Å². The highest BCUT2D eigenvalue weighted by Crippen LogP contribution is 2.22. The first-order valence-corrected chi connectivity index (χ1v) is 9.35. The quantitative estimate of drug-likeness (QED) is 0.493. The van der Waals surface area contributed by atoms with Crippen LogP contribution in [0.25, 0.3) is 11.4 Å². The summed E-state index contributed by atoms with van der Waals surface area (Å²) in [6.07, 6.45) is 4.33. The summed E-state index contributed by atoms with van der Waals surface area (Å²) in [4.78, 5) is 28.5. The van der Waals surface area contributed by atoms with Gasteiger partial charge >= 0.3 is 11.8 Å². The van der Waals surface area contributed by atoms with Gasteiger partial charge in [-0.2, -0.15) is 0 Å². The van der Waals surface area contributed by atoms with Crippen LogP contribution in [0.15, 0.2) is 60.9 Å². The number of anilines is 1. The van der Waals surface area contributed by atoms with E-state index in [-0.39, 0.29) is 0 Å². The van der Waals surface area contributed by atoms with Crippen LogP contribution in [0.3, 0.4) is 0 Å². The Morgan fingerprint density at radius 3 is 2.64 bits per heavy atom. The molecule has 28 heavy (non-hydrogen) atoms. The number of amides is 2. The summed E-state index contributed by atoms with van der Waals surface area (Å²) in [7, 11) is 0. The Hall–Kier alpha value is -3.12. The van der Waals surface area contributed by atoms with Gasteiger partial charge in [-0.15, -0.1) is 0 Å². The molecule has 2 aromatic carbocycles. The van der Waals surface area contributed by atoms with Crippen molar-refractivity contribution in [2.75, 3.05) is 11.9 Å². The number of hydrogen-bond acceptors (Lipinski definition) is 3. The maximum Gasteiger partial charge on any atom is 0.313 e. The van der Waals surface area contributed by atoms with Crippen molar-refractivity contribution in [3.05, 3.63) is 71.5 Å². The number of rotatable bonds is 6. The molecule has 1 heterocycles. The molecule has 0 radical (unpaired) electrons. The number of halogens is 1. The molecule has 0 bridgehead atoms. The zero-order valence-electron chi connectivity index (χ0n) is 15.5. The first-order valence-electron chi connectivity index (χ1n) is 8.97. The predicted octanol–water partition coefficient (Wildman–Crippen LogP) is 3.66. The number of carbonyl (C=O) groups is 2. The summed E-state index contributed by atoms with van der Waals surface area (Å²) >= 11 is 6.03. The van der Waals surface area contributed by atoms with Crippen LogP contribution >= 0.6 is 11.6 Å². The van der Waals surface area contributed by atoms with E-state index in [0.29, 0.717) is 30.2 Å². The van der Waals surface area contributed by atoms with Crippen molar-refractivity contribution in [2.45, 2.75) is 19.9 Å². The molecule has 144 valence electrons. The second-order valence-corrected chi connectivity index (χ2v) is 6.69. The van der Waals surface area contributed by atoms with E-state index in [1.165, 1.54) is 0 Å². The second-order valence-electron chi connectivity index (χ2n) is 6.29. The molecule has 0 fully saturated rings. The molecule has 0 atom stereocenters. The first-order chi connectivity index (χ1) is 13.6. The topological polar surface area (TPSA) is 76.0 Å². The largest absolute Gasteiger partial charge is 0.348 e. The number of carbonyl (C=O) groups excluding carboxylic acids is 2. The molecule has 0 saturated heterocycles. The molecule has 0 aliphatic carbocycles. The smallest absolute Gasteiger partial charge is 0.313 e. The molecule has 0 aliphatic rings. The van der Waals surface area contributed by atoms with Crippen molar-refractivity contribution in [1.82, 2.24) is 14.9 Å². The summed E-state index contributed by atoms with van der Waals surface area (Å²) in [5.41, 5.74) is 2.28. The molecule has 0 unspecified atom stereocenters. The third kappa shape index (κ3) is 4.78. The predicted molar refractivity (Wildman–Crippen MR) is 110 cm³/mol. The van der Waals surface area contributed by atoms with E-state index in [9.17, 15) is 9.59 Å². The van der Waals surface area contributed by atoms with Crippen LogP contribution in [0, 0.1) is 6.92 Å². The Bertz CT molecular complexity index is 970. The van der Waals surface area contributed by atoms with E-state index in [0.717, 1.165) is 17.0 Å². The second kappa shape index (κ2) is 9.19. The van der Waals surface area contributed by atoms with Crippen LogP contribution < -0.4 is 10.6 Å². The van der Waals surface area contributed by atoms with Crippen LogP contribution in [0.4, 0.5) is 5.69 Å². The number of hydrogen-bond donors (Lipinski definition) is 2. The lowest BCUT2D eigenvalue weighted by atomic mass is 10.2. The number of nitrogens with zero attached hydrogens (tertiary/aromatic N) is 2. The minimum atomic E-state index is -0.710. The maximum absolute atomic E-state index is 12.1.